The van der Waals surface area contributed by atoms with Crippen molar-refractivity contribution in [2.75, 3.05) is 5.32 Å². The highest BCUT2D eigenvalue weighted by Gasteiger charge is 2.22. The first-order chi connectivity index (χ1) is 13.7. The Hall–Kier alpha value is -3.55. The highest BCUT2D eigenvalue weighted by atomic mass is 19.1. The number of pyridine rings is 1. The van der Waals surface area contributed by atoms with Crippen molar-refractivity contribution < 1.29 is 9.18 Å². The van der Waals surface area contributed by atoms with Gasteiger partial charge < -0.3 is 5.32 Å². The fraction of sp³-hybridized carbons (Fsp3) is 0.238. The van der Waals surface area contributed by atoms with Gasteiger partial charge in [0, 0.05) is 11.5 Å². The lowest BCUT2D eigenvalue weighted by molar-refractivity contribution is -0.116. The first kappa shape index (κ1) is 18.8. The minimum Gasteiger partial charge on any atom is -0.309 e. The predicted molar refractivity (Wildman–Crippen MR) is 108 cm³/mol. The lowest BCUT2D eigenvalue weighted by Crippen LogP contribution is -2.29. The Labute approximate surface area is 165 Å². The van der Waals surface area contributed by atoms with Crippen LogP contribution in [0.2, 0.25) is 0 Å². The zero-order valence-corrected chi connectivity index (χ0v) is 16.3. The van der Waals surface area contributed by atoms with E-state index in [1.165, 1.54) is 16.7 Å². The van der Waals surface area contributed by atoms with Gasteiger partial charge in [0.1, 0.15) is 23.8 Å². The quantitative estimate of drug-likeness (QED) is 0.580. The van der Waals surface area contributed by atoms with E-state index >= 15 is 0 Å². The van der Waals surface area contributed by atoms with E-state index < -0.39 is 11.7 Å². The number of hydrogen-bond donors (Lipinski definition) is 1. The highest BCUT2D eigenvalue weighted by molar-refractivity contribution is 5.90. The number of halogens is 1. The van der Waals surface area contributed by atoms with Crippen LogP contribution in [0.1, 0.15) is 26.5 Å². The van der Waals surface area contributed by atoms with E-state index in [2.05, 4.69) is 15.4 Å². The van der Waals surface area contributed by atoms with Gasteiger partial charge >= 0.3 is 0 Å². The minimum absolute atomic E-state index is 0.213. The molecule has 0 aliphatic heterocycles. The maximum Gasteiger partial charge on any atom is 0.262 e. The van der Waals surface area contributed by atoms with Crippen LogP contribution in [0.3, 0.4) is 0 Å². The Morgan fingerprint density at radius 2 is 1.93 bits per heavy atom. The Bertz CT molecular complexity index is 1280. The number of para-hydroxylation sites is 1. The molecule has 1 N–H and O–H groups in total. The third kappa shape index (κ3) is 3.49. The number of rotatable bonds is 3. The second-order valence-electron chi connectivity index (χ2n) is 7.87. The second kappa shape index (κ2) is 6.80. The summed E-state index contributed by atoms with van der Waals surface area (Å²) in [6, 6.07) is 11.6. The van der Waals surface area contributed by atoms with E-state index in [0.717, 1.165) is 11.9 Å². The molecule has 0 radical (unpaired) electrons. The lowest BCUT2D eigenvalue weighted by atomic mass is 9.93. The van der Waals surface area contributed by atoms with Crippen molar-refractivity contribution in [3.63, 3.8) is 0 Å². The molecule has 0 atom stereocenters. The van der Waals surface area contributed by atoms with Gasteiger partial charge in [-0.3, -0.25) is 14.2 Å². The van der Waals surface area contributed by atoms with Crippen molar-refractivity contribution in [3.05, 3.63) is 70.5 Å². The number of nitrogens with one attached hydrogen (secondary N) is 1. The lowest BCUT2D eigenvalue weighted by Gasteiger charge is -2.13. The highest BCUT2D eigenvalue weighted by Crippen LogP contribution is 2.23. The maximum atomic E-state index is 13.1. The van der Waals surface area contributed by atoms with Crippen LogP contribution in [0, 0.1) is 5.82 Å². The molecule has 0 saturated heterocycles. The molecule has 3 aromatic heterocycles. The topological polar surface area (TPSA) is 81.3 Å². The molecule has 148 valence electrons. The number of carbonyl (C=O) groups is 1. The smallest absolute Gasteiger partial charge is 0.262 e. The Kier molecular flexibility index (Phi) is 4.41. The Morgan fingerprint density at radius 1 is 1.17 bits per heavy atom. The van der Waals surface area contributed by atoms with Gasteiger partial charge in [-0.25, -0.2) is 13.9 Å². The number of hydrogen-bond acceptors (Lipinski definition) is 4. The number of fused-ring (bicyclic) bond motifs is 3. The van der Waals surface area contributed by atoms with Crippen LogP contribution in [0.5, 0.6) is 0 Å². The normalized spacial score (nSPS) is 11.9. The van der Waals surface area contributed by atoms with E-state index in [9.17, 15) is 14.0 Å². The van der Waals surface area contributed by atoms with E-state index in [0.29, 0.717) is 16.6 Å². The van der Waals surface area contributed by atoms with E-state index in [4.69, 9.17) is 0 Å². The standard InChI is InChI=1S/C21H20FN5O2/c1-21(2,3)16-10-19-26(12-18(28)24-17-9-8-13(22)11-23-17)20(29)14-6-4-5-7-15(14)27(19)25-16/h4-11H,12H2,1-3H3,(H,23,24,28). The minimum atomic E-state index is -0.496. The number of amides is 1. The summed E-state index contributed by atoms with van der Waals surface area (Å²) in [4.78, 5) is 29.5. The molecule has 7 nitrogen and oxygen atoms in total. The Morgan fingerprint density at radius 3 is 2.62 bits per heavy atom. The van der Waals surface area contributed by atoms with Crippen molar-refractivity contribution in [2.24, 2.45) is 0 Å². The summed E-state index contributed by atoms with van der Waals surface area (Å²) >= 11 is 0. The van der Waals surface area contributed by atoms with Gasteiger partial charge in [-0.2, -0.15) is 5.10 Å². The molecule has 3 heterocycles. The van der Waals surface area contributed by atoms with Crippen molar-refractivity contribution in [1.29, 1.82) is 0 Å². The average Bonchev–Trinajstić information content (AvgIpc) is 3.13. The van der Waals surface area contributed by atoms with Crippen molar-refractivity contribution >= 4 is 28.3 Å². The number of nitrogens with zero attached hydrogens (tertiary/aromatic N) is 4. The zero-order valence-electron chi connectivity index (χ0n) is 16.3. The summed E-state index contributed by atoms with van der Waals surface area (Å²) in [5, 5.41) is 7.74. The van der Waals surface area contributed by atoms with Crippen LogP contribution in [-0.4, -0.2) is 25.1 Å². The molecule has 0 saturated carbocycles. The van der Waals surface area contributed by atoms with Crippen LogP contribution in [-0.2, 0) is 16.8 Å². The van der Waals surface area contributed by atoms with Gasteiger partial charge in [0.05, 0.1) is 22.8 Å². The third-order valence-corrected chi connectivity index (χ3v) is 4.64. The van der Waals surface area contributed by atoms with Crippen molar-refractivity contribution in [1.82, 2.24) is 19.2 Å². The molecule has 1 amide bonds. The number of carbonyl (C=O) groups excluding carboxylic acids is 1. The molecule has 0 aliphatic carbocycles. The largest absolute Gasteiger partial charge is 0.309 e. The molecular formula is C21H20FN5O2. The Balaban J connectivity index is 1.82. The van der Waals surface area contributed by atoms with Crippen LogP contribution in [0.25, 0.3) is 16.6 Å². The summed E-state index contributed by atoms with van der Waals surface area (Å²) in [5.74, 6) is -0.725. The van der Waals surface area contributed by atoms with Gasteiger partial charge in [0.15, 0.2) is 0 Å². The van der Waals surface area contributed by atoms with Crippen molar-refractivity contribution in [2.45, 2.75) is 32.7 Å². The first-order valence-electron chi connectivity index (χ1n) is 9.17. The molecule has 0 bridgehead atoms. The third-order valence-electron chi connectivity index (χ3n) is 4.64. The maximum absolute atomic E-state index is 13.1. The molecule has 0 unspecified atom stereocenters. The summed E-state index contributed by atoms with van der Waals surface area (Å²) < 4.78 is 16.1. The summed E-state index contributed by atoms with van der Waals surface area (Å²) in [6.07, 6.45) is 1.02. The van der Waals surface area contributed by atoms with Crippen LogP contribution in [0.4, 0.5) is 10.2 Å². The van der Waals surface area contributed by atoms with Gasteiger partial charge in [0.2, 0.25) is 5.91 Å². The average molecular weight is 393 g/mol. The molecule has 0 spiro atoms. The van der Waals surface area contributed by atoms with E-state index in [1.54, 1.807) is 16.6 Å². The SMILES string of the molecule is CC(C)(C)c1cc2n(CC(=O)Nc3ccc(F)cn3)c(=O)c3ccccc3n2n1. The molecule has 4 aromatic rings. The molecule has 8 heteroatoms. The fourth-order valence-electron chi connectivity index (χ4n) is 3.12. The second-order valence-corrected chi connectivity index (χ2v) is 7.87. The molecular weight excluding hydrogens is 373 g/mol. The summed E-state index contributed by atoms with van der Waals surface area (Å²) in [7, 11) is 0. The predicted octanol–water partition coefficient (Wildman–Crippen LogP) is 3.12. The number of benzene rings is 1. The van der Waals surface area contributed by atoms with Crippen LogP contribution < -0.4 is 10.9 Å². The van der Waals surface area contributed by atoms with Crippen LogP contribution in [0.15, 0.2) is 53.5 Å². The summed E-state index contributed by atoms with van der Waals surface area (Å²) in [5.41, 5.74) is 1.51. The first-order valence-corrected chi connectivity index (χ1v) is 9.17. The molecule has 0 fully saturated rings. The molecule has 1 aromatic carbocycles. The fourth-order valence-corrected chi connectivity index (χ4v) is 3.12. The number of anilines is 1. The molecule has 4 rings (SSSR count). The molecule has 29 heavy (non-hydrogen) atoms. The van der Waals surface area contributed by atoms with Gasteiger partial charge in [-0.05, 0) is 24.3 Å². The monoisotopic (exact) mass is 393 g/mol. The van der Waals surface area contributed by atoms with E-state index in [-0.39, 0.29) is 23.3 Å². The van der Waals surface area contributed by atoms with Crippen LogP contribution >= 0.6 is 0 Å². The van der Waals surface area contributed by atoms with Crippen molar-refractivity contribution in [3.8, 4) is 0 Å². The van der Waals surface area contributed by atoms with Gasteiger partial charge in [-0.15, -0.1) is 0 Å². The summed E-state index contributed by atoms with van der Waals surface area (Å²) in [6.45, 7) is 5.88. The van der Waals surface area contributed by atoms with Gasteiger partial charge in [0.25, 0.3) is 5.56 Å². The number of aromatic nitrogens is 4. The van der Waals surface area contributed by atoms with E-state index in [1.807, 2.05) is 39.0 Å². The molecule has 0 aliphatic rings. The zero-order chi connectivity index (χ0) is 20.8. The van der Waals surface area contributed by atoms with Gasteiger partial charge in [-0.1, -0.05) is 32.9 Å².